The fraction of sp³-hybridized carbons (Fsp3) is 0.217. The predicted molar refractivity (Wildman–Crippen MR) is 115 cm³/mol. The molecule has 0 atom stereocenters. The molecule has 152 valence electrons. The molecule has 0 aliphatic rings. The molecular weight excluding hydrogens is 412 g/mol. The molecule has 0 aromatic heterocycles. The van der Waals surface area contributed by atoms with Crippen LogP contribution in [0.5, 0.6) is 11.5 Å². The number of rotatable bonds is 9. The third-order valence-electron chi connectivity index (χ3n) is 4.33. The van der Waals surface area contributed by atoms with Gasteiger partial charge in [0.15, 0.2) is 11.5 Å². The molecule has 0 spiro atoms. The van der Waals surface area contributed by atoms with Crippen molar-refractivity contribution >= 4 is 23.2 Å². The zero-order chi connectivity index (χ0) is 20.6. The first-order valence-electron chi connectivity index (χ1n) is 9.34. The molecule has 3 aromatic rings. The summed E-state index contributed by atoms with van der Waals surface area (Å²) in [4.78, 5) is 0. The highest BCUT2D eigenvalue weighted by Crippen LogP contribution is 2.35. The molecule has 0 radical (unpaired) electrons. The fourth-order valence-corrected chi connectivity index (χ4v) is 3.29. The van der Waals surface area contributed by atoms with Crippen LogP contribution in [0, 0.1) is 5.82 Å². The topological polar surface area (TPSA) is 30.5 Å². The largest absolute Gasteiger partial charge is 0.490 e. The fourth-order valence-electron chi connectivity index (χ4n) is 2.85. The van der Waals surface area contributed by atoms with Crippen LogP contribution in [0.1, 0.15) is 23.6 Å². The van der Waals surface area contributed by atoms with E-state index >= 15 is 0 Å². The number of benzene rings is 3. The summed E-state index contributed by atoms with van der Waals surface area (Å²) >= 11 is 12.5. The monoisotopic (exact) mass is 433 g/mol. The van der Waals surface area contributed by atoms with Gasteiger partial charge in [0.2, 0.25) is 0 Å². The Bertz CT molecular complexity index is 931. The van der Waals surface area contributed by atoms with Crippen molar-refractivity contribution in [3.63, 3.8) is 0 Å². The Morgan fingerprint density at radius 2 is 1.62 bits per heavy atom. The summed E-state index contributed by atoms with van der Waals surface area (Å²) in [7, 11) is 0. The van der Waals surface area contributed by atoms with Crippen molar-refractivity contribution in [1.29, 1.82) is 0 Å². The van der Waals surface area contributed by atoms with Crippen molar-refractivity contribution in [3.8, 4) is 11.5 Å². The Morgan fingerprint density at radius 1 is 0.862 bits per heavy atom. The average Bonchev–Trinajstić information content (AvgIpc) is 2.71. The lowest BCUT2D eigenvalue weighted by Gasteiger charge is -2.16. The van der Waals surface area contributed by atoms with E-state index in [-0.39, 0.29) is 6.61 Å². The lowest BCUT2D eigenvalue weighted by molar-refractivity contribution is 0.265. The highest BCUT2D eigenvalue weighted by molar-refractivity contribution is 6.31. The van der Waals surface area contributed by atoms with Crippen LogP contribution < -0.4 is 14.8 Å². The van der Waals surface area contributed by atoms with Crippen molar-refractivity contribution < 1.29 is 13.9 Å². The van der Waals surface area contributed by atoms with Gasteiger partial charge in [-0.25, -0.2) is 4.39 Å². The van der Waals surface area contributed by atoms with Crippen LogP contribution in [-0.4, -0.2) is 6.61 Å². The number of hydrogen-bond donors (Lipinski definition) is 1. The minimum atomic E-state index is -0.414. The summed E-state index contributed by atoms with van der Waals surface area (Å²) in [6, 6.07) is 18.2. The minimum Gasteiger partial charge on any atom is -0.490 e. The Morgan fingerprint density at radius 3 is 2.34 bits per heavy atom. The van der Waals surface area contributed by atoms with Gasteiger partial charge in [-0.3, -0.25) is 0 Å². The molecule has 3 nitrogen and oxygen atoms in total. The Balaban J connectivity index is 1.71. The molecule has 3 rings (SSSR count). The number of ether oxygens (including phenoxy) is 2. The zero-order valence-electron chi connectivity index (χ0n) is 16.1. The SMILES string of the molecule is CCOc1cc(CNCc2ccccc2)c(Cl)cc1OCc1c(F)cccc1Cl. The van der Waals surface area contributed by atoms with Crippen molar-refractivity contribution in [2.75, 3.05) is 6.61 Å². The summed E-state index contributed by atoms with van der Waals surface area (Å²) in [5, 5.41) is 4.23. The lowest BCUT2D eigenvalue weighted by atomic mass is 10.1. The van der Waals surface area contributed by atoms with E-state index in [1.54, 1.807) is 18.2 Å². The van der Waals surface area contributed by atoms with Crippen LogP contribution in [0.15, 0.2) is 60.7 Å². The maximum Gasteiger partial charge on any atom is 0.163 e. The third kappa shape index (κ3) is 5.86. The maximum absolute atomic E-state index is 14.0. The first-order chi connectivity index (χ1) is 14.1. The molecule has 0 amide bonds. The van der Waals surface area contributed by atoms with Gasteiger partial charge in [0.25, 0.3) is 0 Å². The van der Waals surface area contributed by atoms with Gasteiger partial charge in [-0.15, -0.1) is 0 Å². The predicted octanol–water partition coefficient (Wildman–Crippen LogP) is 6.40. The number of hydrogen-bond acceptors (Lipinski definition) is 3. The van der Waals surface area contributed by atoms with E-state index in [9.17, 15) is 4.39 Å². The van der Waals surface area contributed by atoms with Gasteiger partial charge in [0, 0.05) is 29.7 Å². The zero-order valence-corrected chi connectivity index (χ0v) is 17.6. The van der Waals surface area contributed by atoms with Crippen LogP contribution in [-0.2, 0) is 19.7 Å². The minimum absolute atomic E-state index is 0.0203. The normalized spacial score (nSPS) is 10.8. The first kappa shape index (κ1) is 21.4. The van der Waals surface area contributed by atoms with Crippen LogP contribution in [0.2, 0.25) is 10.0 Å². The van der Waals surface area contributed by atoms with E-state index in [4.69, 9.17) is 32.7 Å². The Hall–Kier alpha value is -2.27. The van der Waals surface area contributed by atoms with E-state index in [1.165, 1.54) is 11.6 Å². The molecule has 29 heavy (non-hydrogen) atoms. The van der Waals surface area contributed by atoms with Gasteiger partial charge in [-0.1, -0.05) is 59.6 Å². The molecule has 0 unspecified atom stereocenters. The first-order valence-corrected chi connectivity index (χ1v) is 10.1. The van der Waals surface area contributed by atoms with E-state index in [2.05, 4.69) is 17.4 Å². The summed E-state index contributed by atoms with van der Waals surface area (Å²) < 4.78 is 25.5. The Kier molecular flexibility index (Phi) is 7.76. The molecule has 0 aliphatic heterocycles. The van der Waals surface area contributed by atoms with Crippen LogP contribution in [0.4, 0.5) is 4.39 Å². The molecule has 0 saturated carbocycles. The molecular formula is C23H22Cl2FNO2. The van der Waals surface area contributed by atoms with Gasteiger partial charge in [-0.05, 0) is 36.2 Å². The number of halogens is 3. The van der Waals surface area contributed by atoms with Crippen molar-refractivity contribution in [2.24, 2.45) is 0 Å². The molecule has 0 aliphatic carbocycles. The van der Waals surface area contributed by atoms with E-state index < -0.39 is 5.82 Å². The molecule has 0 heterocycles. The summed E-state index contributed by atoms with van der Waals surface area (Å²) in [6.45, 7) is 3.64. The van der Waals surface area contributed by atoms with E-state index in [0.717, 1.165) is 12.1 Å². The molecule has 6 heteroatoms. The summed E-state index contributed by atoms with van der Waals surface area (Å²) in [5.41, 5.74) is 2.37. The van der Waals surface area contributed by atoms with Crippen LogP contribution >= 0.6 is 23.2 Å². The smallest absolute Gasteiger partial charge is 0.163 e. The van der Waals surface area contributed by atoms with Crippen LogP contribution in [0.3, 0.4) is 0 Å². The highest BCUT2D eigenvalue weighted by Gasteiger charge is 2.14. The van der Waals surface area contributed by atoms with Crippen molar-refractivity contribution in [2.45, 2.75) is 26.6 Å². The molecule has 0 saturated heterocycles. The van der Waals surface area contributed by atoms with Gasteiger partial charge < -0.3 is 14.8 Å². The third-order valence-corrected chi connectivity index (χ3v) is 5.04. The summed E-state index contributed by atoms with van der Waals surface area (Å²) in [5.74, 6) is 0.590. The second kappa shape index (κ2) is 10.5. The van der Waals surface area contributed by atoms with Gasteiger partial charge >= 0.3 is 0 Å². The van der Waals surface area contributed by atoms with Gasteiger partial charge in [0.05, 0.1) is 11.6 Å². The van der Waals surface area contributed by atoms with E-state index in [0.29, 0.717) is 40.3 Å². The van der Waals surface area contributed by atoms with Crippen molar-refractivity contribution in [3.05, 3.63) is 93.2 Å². The molecule has 0 bridgehead atoms. The summed E-state index contributed by atoms with van der Waals surface area (Å²) in [6.07, 6.45) is 0. The van der Waals surface area contributed by atoms with Crippen molar-refractivity contribution in [1.82, 2.24) is 5.32 Å². The second-order valence-corrected chi connectivity index (χ2v) is 7.22. The van der Waals surface area contributed by atoms with Gasteiger partial charge in [-0.2, -0.15) is 0 Å². The lowest BCUT2D eigenvalue weighted by Crippen LogP contribution is -2.13. The molecule has 0 fully saturated rings. The molecule has 3 aromatic carbocycles. The van der Waals surface area contributed by atoms with E-state index in [1.807, 2.05) is 31.2 Å². The Labute approximate surface area is 180 Å². The van der Waals surface area contributed by atoms with Gasteiger partial charge in [0.1, 0.15) is 12.4 Å². The molecule has 1 N–H and O–H groups in total. The number of nitrogens with one attached hydrogen (secondary N) is 1. The quantitative estimate of drug-likeness (QED) is 0.423. The van der Waals surface area contributed by atoms with Crippen LogP contribution in [0.25, 0.3) is 0 Å². The average molecular weight is 434 g/mol. The highest BCUT2D eigenvalue weighted by atomic mass is 35.5. The standard InChI is InChI=1S/C23H22Cl2FNO2/c1-2-28-22-11-17(14-27-13-16-7-4-3-5-8-16)20(25)12-23(22)29-15-18-19(24)9-6-10-21(18)26/h3-12,27H,2,13-15H2,1H3. The maximum atomic E-state index is 14.0. The second-order valence-electron chi connectivity index (χ2n) is 6.40.